The molecule has 0 unspecified atom stereocenters. The third kappa shape index (κ3) is 10.1. The quantitative estimate of drug-likeness (QED) is 0.0227. The molecule has 360 valence electrons. The van der Waals surface area contributed by atoms with Gasteiger partial charge in [-0.1, -0.05) is 157 Å². The summed E-state index contributed by atoms with van der Waals surface area (Å²) in [6, 6.07) is 52.9. The number of pyridine rings is 1. The third-order valence-corrected chi connectivity index (χ3v) is 15.1. The summed E-state index contributed by atoms with van der Waals surface area (Å²) in [5.74, 6) is -1.66. The van der Waals surface area contributed by atoms with Crippen LogP contribution in [0.2, 0.25) is 0 Å². The minimum absolute atomic E-state index is 0. The van der Waals surface area contributed by atoms with Crippen LogP contribution in [-0.4, -0.2) is 69.9 Å². The molecule has 0 radical (unpaired) electrons. The predicted octanol–water partition coefficient (Wildman–Crippen LogP) is 5.47. The SMILES string of the molecule is CCO/N=C(\C(=O)NOC(=O)C1=C(CSc2cc[n+](C(C(=O)OC)(c3ccccc3)c3ccccc3)cc2)CS[C@@H]2CC(=O)N12)c1csc(NC(c2ccccc2)(c2ccccc2)c2ccccc2)n1.[Br-]. The van der Waals surface area contributed by atoms with Crippen LogP contribution in [-0.2, 0) is 44.7 Å². The number of halogens is 1. The molecular weight excluding hydrogens is 1020 g/mol. The molecule has 4 heterocycles. The van der Waals surface area contributed by atoms with E-state index in [1.165, 1.54) is 35.1 Å². The Morgan fingerprint density at radius 2 is 1.31 bits per heavy atom. The van der Waals surface area contributed by atoms with Gasteiger partial charge in [0.1, 0.15) is 23.5 Å². The number of methoxy groups -OCH3 is 1. The van der Waals surface area contributed by atoms with Gasteiger partial charge in [0, 0.05) is 45.0 Å². The van der Waals surface area contributed by atoms with Crippen molar-refractivity contribution < 1.29 is 55.1 Å². The van der Waals surface area contributed by atoms with E-state index in [2.05, 4.69) is 52.4 Å². The molecule has 17 heteroatoms. The largest absolute Gasteiger partial charge is 1.00 e. The highest BCUT2D eigenvalue weighted by Crippen LogP contribution is 2.43. The van der Waals surface area contributed by atoms with Crippen molar-refractivity contribution in [3.63, 3.8) is 0 Å². The van der Waals surface area contributed by atoms with Crippen molar-refractivity contribution in [2.45, 2.75) is 34.7 Å². The Balaban J connectivity index is 0.00000676. The van der Waals surface area contributed by atoms with Gasteiger partial charge in [-0.05, 0) is 29.2 Å². The lowest BCUT2D eigenvalue weighted by Crippen LogP contribution is -3.00. The van der Waals surface area contributed by atoms with Crippen LogP contribution in [0.5, 0.6) is 0 Å². The average Bonchev–Trinajstić information content (AvgIpc) is 3.88. The summed E-state index contributed by atoms with van der Waals surface area (Å²) in [7, 11) is 1.38. The van der Waals surface area contributed by atoms with Gasteiger partial charge in [0.15, 0.2) is 23.2 Å². The summed E-state index contributed by atoms with van der Waals surface area (Å²) in [5.41, 5.74) is 5.13. The van der Waals surface area contributed by atoms with Crippen molar-refractivity contribution in [1.82, 2.24) is 15.4 Å². The molecule has 71 heavy (non-hydrogen) atoms. The fourth-order valence-corrected chi connectivity index (χ4v) is 11.7. The number of amides is 2. The zero-order valence-corrected chi connectivity index (χ0v) is 42.5. The second-order valence-electron chi connectivity index (χ2n) is 16.0. The van der Waals surface area contributed by atoms with Gasteiger partial charge in [-0.15, -0.1) is 34.9 Å². The molecule has 5 aromatic carbocycles. The Kier molecular flexibility index (Phi) is 16.2. The smallest absolute Gasteiger partial charge is 0.388 e. The van der Waals surface area contributed by atoms with Gasteiger partial charge in [-0.3, -0.25) is 14.5 Å². The zero-order chi connectivity index (χ0) is 48.5. The lowest BCUT2D eigenvalue weighted by molar-refractivity contribution is -0.731. The topological polar surface area (TPSA) is 152 Å². The van der Waals surface area contributed by atoms with Crippen LogP contribution in [0.25, 0.3) is 0 Å². The number of esters is 1. The van der Waals surface area contributed by atoms with Crippen LogP contribution < -0.4 is 32.3 Å². The summed E-state index contributed by atoms with van der Waals surface area (Å²) in [6.45, 7) is 1.88. The van der Waals surface area contributed by atoms with Crippen LogP contribution in [0, 0.1) is 0 Å². The van der Waals surface area contributed by atoms with Gasteiger partial charge >= 0.3 is 23.4 Å². The van der Waals surface area contributed by atoms with Gasteiger partial charge in [0.2, 0.25) is 5.91 Å². The van der Waals surface area contributed by atoms with E-state index >= 15 is 0 Å². The number of ether oxygens (including phenoxy) is 1. The first-order valence-electron chi connectivity index (χ1n) is 22.4. The number of benzene rings is 5. The summed E-state index contributed by atoms with van der Waals surface area (Å²) in [6.07, 6.45) is 3.94. The maximum absolute atomic E-state index is 14.1. The van der Waals surface area contributed by atoms with E-state index in [1.807, 2.05) is 144 Å². The summed E-state index contributed by atoms with van der Waals surface area (Å²) in [5, 5.41) is 9.74. The van der Waals surface area contributed by atoms with Crippen LogP contribution in [0.3, 0.4) is 0 Å². The molecule has 1 atom stereocenters. The number of thioether (sulfide) groups is 2. The zero-order valence-electron chi connectivity index (χ0n) is 38.5. The molecule has 1 fully saturated rings. The van der Waals surface area contributed by atoms with E-state index in [4.69, 9.17) is 19.4 Å². The van der Waals surface area contributed by atoms with Crippen molar-refractivity contribution in [2.24, 2.45) is 5.16 Å². The van der Waals surface area contributed by atoms with Gasteiger partial charge < -0.3 is 36.7 Å². The highest BCUT2D eigenvalue weighted by Gasteiger charge is 2.53. The summed E-state index contributed by atoms with van der Waals surface area (Å²) < 4.78 is 7.29. The average molecular weight is 1070 g/mol. The molecule has 2 amide bonds. The fraction of sp³-hybridized carbons (Fsp3) is 0.167. The maximum atomic E-state index is 14.1. The Hall–Kier alpha value is -7.05. The molecule has 0 bridgehead atoms. The number of anilines is 1. The van der Waals surface area contributed by atoms with Crippen LogP contribution in [0.1, 0.15) is 46.9 Å². The first-order chi connectivity index (χ1) is 34.3. The number of nitrogens with zero attached hydrogens (tertiary/aromatic N) is 4. The number of β-lactam (4-membered cyclic amide) rings is 1. The molecule has 1 saturated heterocycles. The highest BCUT2D eigenvalue weighted by molar-refractivity contribution is 8.01. The number of thiazole rings is 1. The molecule has 2 aliphatic heterocycles. The number of fused-ring (bicyclic) bond motifs is 1. The van der Waals surface area contributed by atoms with E-state index in [-0.39, 0.29) is 58.4 Å². The lowest BCUT2D eigenvalue weighted by atomic mass is 9.77. The first kappa shape index (κ1) is 50.3. The highest BCUT2D eigenvalue weighted by atomic mass is 79.9. The molecule has 9 rings (SSSR count). The molecule has 2 aromatic heterocycles. The van der Waals surface area contributed by atoms with E-state index in [0.29, 0.717) is 22.2 Å². The second kappa shape index (κ2) is 22.8. The Morgan fingerprint density at radius 3 is 1.80 bits per heavy atom. The fourth-order valence-electron chi connectivity index (χ4n) is 8.70. The molecule has 2 aliphatic rings. The number of hydrogen-bond donors (Lipinski definition) is 2. The van der Waals surface area contributed by atoms with Gasteiger partial charge in [0.05, 0.1) is 18.9 Å². The standard InChI is InChI=1S/C54H46N6O7S3.BrH/c1-3-66-57-47(44-36-70-52(55-44)56-53(38-19-9-4-10-20-38,39-21-11-5-12-22-39)40-23-13-6-14-24-40)49(62)58-67-50(63)48-37(35-69-46-33-45(61)60(46)48)34-68-43-29-31-59(32-30-43)54(51(64)65-2,41-25-15-7-16-26-41)42-27-17-8-18-28-42;/h4-32,36,46H,3,33-35H2,1-2H3,(H-,55,56,58,62);1H/b57-47-;/t46-;/m1./s1. The number of nitrogens with one attached hydrogen (secondary N) is 2. The number of rotatable bonds is 17. The predicted molar refractivity (Wildman–Crippen MR) is 271 cm³/mol. The van der Waals surface area contributed by atoms with Crippen molar-refractivity contribution in [2.75, 3.05) is 30.5 Å². The molecule has 7 aromatic rings. The van der Waals surface area contributed by atoms with Crippen LogP contribution in [0.15, 0.2) is 203 Å². The number of carbonyl (C=O) groups is 4. The van der Waals surface area contributed by atoms with E-state index in [0.717, 1.165) is 32.7 Å². The molecule has 0 saturated carbocycles. The molecule has 0 spiro atoms. The van der Waals surface area contributed by atoms with Crippen LogP contribution in [0.4, 0.5) is 5.13 Å². The van der Waals surface area contributed by atoms with Gasteiger partial charge in [-0.25, -0.2) is 14.6 Å². The third-order valence-electron chi connectivity index (χ3n) is 12.0. The van der Waals surface area contributed by atoms with Crippen molar-refractivity contribution in [3.05, 3.63) is 226 Å². The van der Waals surface area contributed by atoms with Crippen LogP contribution >= 0.6 is 34.9 Å². The minimum atomic E-state index is -1.32. The number of oxime groups is 1. The van der Waals surface area contributed by atoms with E-state index in [1.54, 1.807) is 24.1 Å². The lowest BCUT2D eigenvalue weighted by Gasteiger charge is -2.44. The number of hydroxylamine groups is 1. The normalized spacial score (nSPS) is 14.6. The van der Waals surface area contributed by atoms with Gasteiger partial charge in [-0.2, -0.15) is 10.0 Å². The minimum Gasteiger partial charge on any atom is -1.00 e. The number of aromatic nitrogens is 2. The molecule has 0 aliphatic carbocycles. The first-order valence-corrected chi connectivity index (χ1v) is 25.3. The summed E-state index contributed by atoms with van der Waals surface area (Å²) >= 11 is 4.29. The molecule has 2 N–H and O–H groups in total. The second-order valence-corrected chi connectivity index (χ2v) is 19.1. The van der Waals surface area contributed by atoms with Gasteiger partial charge in [0.25, 0.3) is 0 Å². The summed E-state index contributed by atoms with van der Waals surface area (Å²) in [4.78, 5) is 73.0. The van der Waals surface area contributed by atoms with Crippen molar-refractivity contribution in [1.29, 1.82) is 0 Å². The molecule has 13 nitrogen and oxygen atoms in total. The van der Waals surface area contributed by atoms with E-state index < -0.39 is 28.9 Å². The number of hydrogen-bond acceptors (Lipinski definition) is 13. The van der Waals surface area contributed by atoms with Crippen molar-refractivity contribution >= 4 is 69.5 Å². The molecular formula is C54H47BrN6O7S3. The Labute approximate surface area is 434 Å². The Morgan fingerprint density at radius 1 is 0.789 bits per heavy atom. The van der Waals surface area contributed by atoms with E-state index in [9.17, 15) is 19.2 Å². The Bertz CT molecular complexity index is 2900. The maximum Gasteiger partial charge on any atom is 0.388 e. The number of carbonyl (C=O) groups excluding carboxylic acids is 4. The monoisotopic (exact) mass is 1070 g/mol. The van der Waals surface area contributed by atoms with Crippen molar-refractivity contribution in [3.8, 4) is 0 Å².